The molecular formula is C16H27BrO3Si. The zero-order valence-corrected chi connectivity index (χ0v) is 16.8. The van der Waals surface area contributed by atoms with Crippen LogP contribution in [-0.2, 0) is 14.0 Å². The van der Waals surface area contributed by atoms with Crippen molar-refractivity contribution < 1.29 is 14.0 Å². The molecule has 1 rings (SSSR count). The minimum absolute atomic E-state index is 0.111. The highest BCUT2D eigenvalue weighted by Crippen LogP contribution is 2.49. The first kappa shape index (κ1) is 18.7. The number of carbonyl (C=O) groups excluding carboxylic acids is 1. The van der Waals surface area contributed by atoms with Gasteiger partial charge in [-0.05, 0) is 38.4 Å². The molecule has 0 spiro atoms. The van der Waals surface area contributed by atoms with Gasteiger partial charge in [0.2, 0.25) is 0 Å². The van der Waals surface area contributed by atoms with Crippen LogP contribution >= 0.6 is 15.9 Å². The number of ether oxygens (including phenoxy) is 1. The van der Waals surface area contributed by atoms with Gasteiger partial charge in [-0.3, -0.25) is 4.79 Å². The van der Waals surface area contributed by atoms with Gasteiger partial charge in [-0.15, -0.1) is 5.73 Å². The summed E-state index contributed by atoms with van der Waals surface area (Å²) < 4.78 is 12.0. The molecular weight excluding hydrogens is 348 g/mol. The molecule has 0 saturated heterocycles. The summed E-state index contributed by atoms with van der Waals surface area (Å²) in [5.74, 6) is -0.227. The molecule has 5 heteroatoms. The van der Waals surface area contributed by atoms with Crippen LogP contribution in [0.3, 0.4) is 0 Å². The van der Waals surface area contributed by atoms with Crippen LogP contribution in [-0.4, -0.2) is 26.0 Å². The average molecular weight is 375 g/mol. The summed E-state index contributed by atoms with van der Waals surface area (Å²) in [4.78, 5) is 13.1. The third kappa shape index (κ3) is 5.10. The minimum Gasteiger partial charge on any atom is -0.462 e. The molecule has 0 N–H and O–H groups in total. The fraction of sp³-hybridized carbons (Fsp3) is 0.750. The van der Waals surface area contributed by atoms with E-state index < -0.39 is 13.9 Å². The molecule has 1 aliphatic rings. The van der Waals surface area contributed by atoms with Gasteiger partial charge in [-0.2, -0.15) is 0 Å². The van der Waals surface area contributed by atoms with Crippen LogP contribution in [0.5, 0.6) is 0 Å². The number of carbonyl (C=O) groups is 1. The van der Waals surface area contributed by atoms with Crippen molar-refractivity contribution >= 4 is 30.2 Å². The number of hydrogen-bond acceptors (Lipinski definition) is 3. The first-order valence-corrected chi connectivity index (χ1v) is 11.7. The average Bonchev–Trinajstić information content (AvgIpc) is 2.18. The lowest BCUT2D eigenvalue weighted by Crippen LogP contribution is -2.52. The van der Waals surface area contributed by atoms with Gasteiger partial charge in [0, 0.05) is 23.9 Å². The van der Waals surface area contributed by atoms with Crippen molar-refractivity contribution in [1.29, 1.82) is 0 Å². The molecule has 21 heavy (non-hydrogen) atoms. The SMILES string of the molecule is CC(=O)O[C@H]1CC(C)(C)C(=C=CBr)[C@](C)(O[Si](C)(C)C)C1. The van der Waals surface area contributed by atoms with Gasteiger partial charge in [0.1, 0.15) is 6.10 Å². The van der Waals surface area contributed by atoms with Gasteiger partial charge in [0.15, 0.2) is 8.32 Å². The smallest absolute Gasteiger partial charge is 0.302 e. The second kappa shape index (κ2) is 6.41. The Morgan fingerprint density at radius 1 is 1.33 bits per heavy atom. The van der Waals surface area contributed by atoms with Crippen LogP contribution in [0.1, 0.15) is 40.5 Å². The van der Waals surface area contributed by atoms with Crippen molar-refractivity contribution in [3.05, 3.63) is 16.3 Å². The molecule has 1 saturated carbocycles. The summed E-state index contributed by atoms with van der Waals surface area (Å²) in [6.07, 6.45) is 1.36. The van der Waals surface area contributed by atoms with E-state index in [1.165, 1.54) is 6.92 Å². The fourth-order valence-electron chi connectivity index (χ4n) is 3.48. The Labute approximate surface area is 138 Å². The van der Waals surface area contributed by atoms with E-state index in [-0.39, 0.29) is 17.5 Å². The van der Waals surface area contributed by atoms with Gasteiger partial charge in [-0.1, -0.05) is 29.8 Å². The maximum atomic E-state index is 11.3. The minimum atomic E-state index is -1.75. The fourth-order valence-corrected chi connectivity index (χ4v) is 5.25. The van der Waals surface area contributed by atoms with Crippen molar-refractivity contribution in [3.8, 4) is 0 Å². The van der Waals surface area contributed by atoms with E-state index in [1.807, 2.05) is 0 Å². The molecule has 1 aliphatic carbocycles. The van der Waals surface area contributed by atoms with Crippen molar-refractivity contribution in [2.24, 2.45) is 5.41 Å². The molecule has 0 heterocycles. The van der Waals surface area contributed by atoms with E-state index >= 15 is 0 Å². The first-order chi connectivity index (χ1) is 9.39. The molecule has 0 unspecified atom stereocenters. The number of halogens is 1. The summed E-state index contributed by atoms with van der Waals surface area (Å²) in [6.45, 7) is 14.4. The van der Waals surface area contributed by atoms with Crippen LogP contribution < -0.4 is 0 Å². The van der Waals surface area contributed by atoms with Crippen molar-refractivity contribution in [1.82, 2.24) is 0 Å². The van der Waals surface area contributed by atoms with Crippen LogP contribution in [0, 0.1) is 5.41 Å². The molecule has 0 bridgehead atoms. The molecule has 3 nitrogen and oxygen atoms in total. The van der Waals surface area contributed by atoms with Crippen LogP contribution in [0.2, 0.25) is 19.6 Å². The third-order valence-corrected chi connectivity index (χ3v) is 4.92. The van der Waals surface area contributed by atoms with E-state index in [0.717, 1.165) is 12.0 Å². The summed E-state index contributed by atoms with van der Waals surface area (Å²) in [7, 11) is -1.75. The molecule has 1 fully saturated rings. The predicted octanol–water partition coefficient (Wildman–Crippen LogP) is 4.78. The number of rotatable bonds is 3. The molecule has 0 aromatic rings. The van der Waals surface area contributed by atoms with E-state index in [0.29, 0.717) is 6.42 Å². The topological polar surface area (TPSA) is 35.5 Å². The lowest BCUT2D eigenvalue weighted by atomic mass is 9.65. The molecule has 0 aromatic carbocycles. The molecule has 120 valence electrons. The van der Waals surface area contributed by atoms with Gasteiger partial charge < -0.3 is 9.16 Å². The number of esters is 1. The lowest BCUT2D eigenvalue weighted by Gasteiger charge is -2.49. The monoisotopic (exact) mass is 374 g/mol. The predicted molar refractivity (Wildman–Crippen MR) is 91.9 cm³/mol. The first-order valence-electron chi connectivity index (χ1n) is 7.33. The Kier molecular flexibility index (Phi) is 5.71. The van der Waals surface area contributed by atoms with E-state index in [9.17, 15) is 4.79 Å². The van der Waals surface area contributed by atoms with E-state index in [2.05, 4.69) is 62.1 Å². The third-order valence-electron chi connectivity index (χ3n) is 3.62. The standard InChI is InChI=1S/C16H27BrO3Si/c1-12(18)19-13-10-15(2,3)14(8-9-17)16(4,11-13)20-21(5,6)7/h9,13H,10-11H2,1-7H3/t8?,13-,16+/m0/s1. The summed E-state index contributed by atoms with van der Waals surface area (Å²) in [5, 5.41) is 0. The summed E-state index contributed by atoms with van der Waals surface area (Å²) in [5.41, 5.74) is 3.89. The quantitative estimate of drug-likeness (QED) is 0.405. The van der Waals surface area contributed by atoms with Crippen molar-refractivity contribution in [2.45, 2.75) is 71.9 Å². The molecule has 0 aromatic heterocycles. The Hall–Kier alpha value is -0.353. The highest BCUT2D eigenvalue weighted by atomic mass is 79.9. The molecule has 0 radical (unpaired) electrons. The summed E-state index contributed by atoms with van der Waals surface area (Å²) >= 11 is 3.34. The maximum Gasteiger partial charge on any atom is 0.302 e. The van der Waals surface area contributed by atoms with E-state index in [1.54, 1.807) is 4.99 Å². The normalized spacial score (nSPS) is 28.8. The van der Waals surface area contributed by atoms with Crippen molar-refractivity contribution in [2.75, 3.05) is 0 Å². The molecule has 0 amide bonds. The second-order valence-corrected chi connectivity index (χ2v) is 12.5. The Morgan fingerprint density at radius 3 is 2.33 bits per heavy atom. The van der Waals surface area contributed by atoms with Gasteiger partial charge in [0.05, 0.1) is 5.60 Å². The molecule has 0 aliphatic heterocycles. The largest absolute Gasteiger partial charge is 0.462 e. The second-order valence-electron chi connectivity index (χ2n) is 7.60. The Bertz CT molecular complexity index is 472. The highest BCUT2D eigenvalue weighted by molar-refractivity contribution is 9.11. The zero-order valence-electron chi connectivity index (χ0n) is 14.2. The Morgan fingerprint density at radius 2 is 1.90 bits per heavy atom. The Balaban J connectivity index is 3.25. The highest BCUT2D eigenvalue weighted by Gasteiger charge is 2.49. The van der Waals surface area contributed by atoms with Crippen LogP contribution in [0.4, 0.5) is 0 Å². The maximum absolute atomic E-state index is 11.3. The lowest BCUT2D eigenvalue weighted by molar-refractivity contribution is -0.152. The van der Waals surface area contributed by atoms with Crippen LogP contribution in [0.15, 0.2) is 16.3 Å². The zero-order chi connectivity index (χ0) is 16.5. The summed E-state index contributed by atoms with van der Waals surface area (Å²) in [6, 6.07) is 0. The van der Waals surface area contributed by atoms with Gasteiger partial charge >= 0.3 is 5.97 Å². The van der Waals surface area contributed by atoms with Gasteiger partial charge in [-0.25, -0.2) is 0 Å². The van der Waals surface area contributed by atoms with Gasteiger partial charge in [0.25, 0.3) is 0 Å². The molecule has 2 atom stereocenters. The van der Waals surface area contributed by atoms with Crippen molar-refractivity contribution in [3.63, 3.8) is 0 Å². The van der Waals surface area contributed by atoms with E-state index in [4.69, 9.17) is 9.16 Å². The van der Waals surface area contributed by atoms with Crippen LogP contribution in [0.25, 0.3) is 0 Å². The number of hydrogen-bond donors (Lipinski definition) is 0.